The molecule has 11 aromatic carbocycles. The normalized spacial score (nSPS) is 12.9. The van der Waals surface area contributed by atoms with Crippen LogP contribution in [0.3, 0.4) is 0 Å². The molecule has 1 aliphatic carbocycles. The topological polar surface area (TPSA) is 57.8 Å². The molecule has 1 aliphatic heterocycles. The van der Waals surface area contributed by atoms with Gasteiger partial charge in [0.2, 0.25) is 0 Å². The van der Waals surface area contributed by atoms with E-state index in [-0.39, 0.29) is 0 Å². The molecule has 16 rings (SSSR count). The molecular formula is C70H43N5O. The minimum absolute atomic E-state index is 0.611. The number of hydrogen-bond donors (Lipinski definition) is 0. The molecule has 0 atom stereocenters. The van der Waals surface area contributed by atoms with Crippen molar-refractivity contribution in [2.75, 3.05) is 0 Å². The van der Waals surface area contributed by atoms with Gasteiger partial charge in [0.1, 0.15) is 11.5 Å². The fourth-order valence-corrected chi connectivity index (χ4v) is 12.5. The number of ether oxygens (including phenoxy) is 1. The minimum atomic E-state index is -0.710. The molecule has 0 saturated carbocycles. The van der Waals surface area contributed by atoms with Crippen molar-refractivity contribution in [3.05, 3.63) is 283 Å². The van der Waals surface area contributed by atoms with Crippen LogP contribution in [0.15, 0.2) is 261 Å². The first-order chi connectivity index (χ1) is 37.7. The maximum Gasteiger partial charge on any atom is 0.164 e. The SMILES string of the molecule is c1ccc(-c2nc(-c3ccccc3)nc(-c3ccc4c(c3)C3(c5ccccc5Oc5ccccc53)c3ccc(-c5ccc6c7cc8c9ccccc9n(-c9ccccc9)c8cc7n(-c7ccccc7)c6c5)cc3-4)n2)cc1. The second-order valence-corrected chi connectivity index (χ2v) is 19.9. The predicted octanol–water partition coefficient (Wildman–Crippen LogP) is 17.2. The van der Waals surface area contributed by atoms with Crippen molar-refractivity contribution in [3.63, 3.8) is 0 Å². The Bertz CT molecular complexity index is 4550. The van der Waals surface area contributed by atoms with Crippen LogP contribution in [0.25, 0.3) is 111 Å². The van der Waals surface area contributed by atoms with Crippen molar-refractivity contribution >= 4 is 43.6 Å². The van der Waals surface area contributed by atoms with Gasteiger partial charge < -0.3 is 13.9 Å². The van der Waals surface area contributed by atoms with Crippen LogP contribution in [0.1, 0.15) is 22.3 Å². The van der Waals surface area contributed by atoms with Crippen LogP contribution in [0.4, 0.5) is 0 Å². The highest BCUT2D eigenvalue weighted by molar-refractivity contribution is 6.19. The van der Waals surface area contributed by atoms with Gasteiger partial charge in [-0.25, -0.2) is 15.0 Å². The van der Waals surface area contributed by atoms with Crippen LogP contribution in [0.2, 0.25) is 0 Å². The lowest BCUT2D eigenvalue weighted by Gasteiger charge is -2.39. The summed E-state index contributed by atoms with van der Waals surface area (Å²) in [5.41, 5.74) is 18.1. The van der Waals surface area contributed by atoms with Crippen LogP contribution in [-0.2, 0) is 5.41 Å². The number of para-hydroxylation sites is 5. The zero-order chi connectivity index (χ0) is 49.9. The Hall–Kier alpha value is -10.2. The Morgan fingerprint density at radius 1 is 0.276 bits per heavy atom. The Balaban J connectivity index is 0.919. The van der Waals surface area contributed by atoms with Gasteiger partial charge >= 0.3 is 0 Å². The van der Waals surface area contributed by atoms with E-state index in [9.17, 15) is 0 Å². The predicted molar refractivity (Wildman–Crippen MR) is 308 cm³/mol. The van der Waals surface area contributed by atoms with E-state index < -0.39 is 5.41 Å². The summed E-state index contributed by atoms with van der Waals surface area (Å²) in [6.07, 6.45) is 0. The summed E-state index contributed by atoms with van der Waals surface area (Å²) in [5.74, 6) is 3.54. The Kier molecular flexibility index (Phi) is 9.15. The lowest BCUT2D eigenvalue weighted by molar-refractivity contribution is 0.436. The summed E-state index contributed by atoms with van der Waals surface area (Å²) in [6.45, 7) is 0. The number of fused-ring (bicyclic) bond motifs is 15. The Morgan fingerprint density at radius 2 is 0.750 bits per heavy atom. The summed E-state index contributed by atoms with van der Waals surface area (Å²) in [4.78, 5) is 15.5. The Labute approximate surface area is 438 Å². The number of rotatable bonds is 6. The molecule has 14 aromatic rings. The van der Waals surface area contributed by atoms with Crippen molar-refractivity contribution in [2.45, 2.75) is 5.41 Å². The molecule has 0 fully saturated rings. The van der Waals surface area contributed by atoms with Crippen LogP contribution in [0, 0.1) is 0 Å². The minimum Gasteiger partial charge on any atom is -0.457 e. The number of hydrogen-bond acceptors (Lipinski definition) is 4. The second kappa shape index (κ2) is 16.4. The van der Waals surface area contributed by atoms with E-state index in [1.165, 1.54) is 43.7 Å². The molecule has 0 amide bonds. The number of benzene rings is 11. The smallest absolute Gasteiger partial charge is 0.164 e. The fraction of sp³-hybridized carbons (Fsp3) is 0.0143. The lowest BCUT2D eigenvalue weighted by atomic mass is 9.66. The van der Waals surface area contributed by atoms with Crippen LogP contribution < -0.4 is 4.74 Å². The first-order valence-corrected chi connectivity index (χ1v) is 25.8. The fourth-order valence-electron chi connectivity index (χ4n) is 12.5. The van der Waals surface area contributed by atoms with Gasteiger partial charge in [-0.2, -0.15) is 0 Å². The van der Waals surface area contributed by atoms with Gasteiger partial charge in [0, 0.05) is 60.7 Å². The molecule has 0 bridgehead atoms. The molecule has 0 N–H and O–H groups in total. The van der Waals surface area contributed by atoms with Crippen LogP contribution in [0.5, 0.6) is 11.5 Å². The molecule has 0 radical (unpaired) electrons. The summed E-state index contributed by atoms with van der Waals surface area (Å²) < 4.78 is 11.6. The zero-order valence-electron chi connectivity index (χ0n) is 41.0. The third-order valence-electron chi connectivity index (χ3n) is 15.8. The summed E-state index contributed by atoms with van der Waals surface area (Å²) in [6, 6.07) is 93.4. The molecule has 2 aliphatic rings. The number of aromatic nitrogens is 5. The number of nitrogens with zero attached hydrogens (tertiary/aromatic N) is 5. The van der Waals surface area contributed by atoms with Crippen LogP contribution in [-0.4, -0.2) is 24.1 Å². The van der Waals surface area contributed by atoms with E-state index in [0.29, 0.717) is 17.5 Å². The van der Waals surface area contributed by atoms with Crippen molar-refractivity contribution in [2.24, 2.45) is 0 Å². The van der Waals surface area contributed by atoms with E-state index in [0.717, 1.165) is 84.0 Å². The van der Waals surface area contributed by atoms with Crippen molar-refractivity contribution in [3.8, 4) is 79.3 Å². The Morgan fingerprint density at radius 3 is 1.38 bits per heavy atom. The lowest BCUT2D eigenvalue weighted by Crippen LogP contribution is -2.32. The quantitative estimate of drug-likeness (QED) is 0.167. The van der Waals surface area contributed by atoms with Crippen LogP contribution >= 0.6 is 0 Å². The highest BCUT2D eigenvalue weighted by atomic mass is 16.5. The van der Waals surface area contributed by atoms with E-state index in [1.807, 2.05) is 36.4 Å². The van der Waals surface area contributed by atoms with Gasteiger partial charge in [-0.1, -0.05) is 188 Å². The van der Waals surface area contributed by atoms with Gasteiger partial charge in [0.05, 0.1) is 27.5 Å². The van der Waals surface area contributed by atoms with Gasteiger partial charge in [-0.05, 0) is 106 Å². The third kappa shape index (κ3) is 6.19. The molecule has 0 saturated heterocycles. The average Bonchev–Trinajstić information content (AvgIpc) is 4.30. The first kappa shape index (κ1) is 42.3. The van der Waals surface area contributed by atoms with Crippen molar-refractivity contribution in [1.29, 1.82) is 0 Å². The highest BCUT2D eigenvalue weighted by Gasteiger charge is 2.51. The van der Waals surface area contributed by atoms with Crippen molar-refractivity contribution in [1.82, 2.24) is 24.1 Å². The van der Waals surface area contributed by atoms with Gasteiger partial charge in [0.25, 0.3) is 0 Å². The third-order valence-corrected chi connectivity index (χ3v) is 15.8. The summed E-state index contributed by atoms with van der Waals surface area (Å²) in [5, 5.41) is 4.90. The van der Waals surface area contributed by atoms with Gasteiger partial charge in [0.15, 0.2) is 17.5 Å². The van der Waals surface area contributed by atoms with Gasteiger partial charge in [-0.3, -0.25) is 0 Å². The molecule has 6 heteroatoms. The van der Waals surface area contributed by atoms with Gasteiger partial charge in [-0.15, -0.1) is 0 Å². The highest BCUT2D eigenvalue weighted by Crippen LogP contribution is 2.63. The van der Waals surface area contributed by atoms with Crippen molar-refractivity contribution < 1.29 is 4.74 Å². The molecule has 4 heterocycles. The molecule has 76 heavy (non-hydrogen) atoms. The maximum absolute atomic E-state index is 6.78. The molecule has 1 spiro atoms. The molecule has 6 nitrogen and oxygen atoms in total. The summed E-state index contributed by atoms with van der Waals surface area (Å²) in [7, 11) is 0. The molecule has 354 valence electrons. The maximum atomic E-state index is 6.78. The van der Waals surface area contributed by atoms with E-state index >= 15 is 0 Å². The standard InChI is InChI=1S/C70H43N5O/c1-5-19-44(20-6-1)67-71-68(45-21-7-2-8-22-45)73-69(72-67)48-34-36-51-54-39-46(35-38-57(54)70(60(51)40-48)58-28-14-17-31-65(58)76-66-32-18-15-29-59(66)70)47-33-37-53-56-42-55-52-27-13-16-30-61(52)74(49-23-9-3-10-24-49)63(55)43-64(56)75(62(53)41-47)50-25-11-4-12-26-50/h1-43H. The molecule has 3 aromatic heterocycles. The average molecular weight is 970 g/mol. The largest absolute Gasteiger partial charge is 0.457 e. The second-order valence-electron chi connectivity index (χ2n) is 19.9. The van der Waals surface area contributed by atoms with E-state index in [4.69, 9.17) is 19.7 Å². The summed E-state index contributed by atoms with van der Waals surface area (Å²) >= 11 is 0. The van der Waals surface area contributed by atoms with E-state index in [2.05, 4.69) is 234 Å². The molecular weight excluding hydrogens is 927 g/mol. The first-order valence-electron chi connectivity index (χ1n) is 25.8. The zero-order valence-corrected chi connectivity index (χ0v) is 41.0. The van der Waals surface area contributed by atoms with E-state index in [1.54, 1.807) is 0 Å². The molecule has 0 unspecified atom stereocenters. The monoisotopic (exact) mass is 969 g/mol.